The first-order valence-electron chi connectivity index (χ1n) is 9.62. The SMILES string of the molecule is CCCOc1ccc(SCC(COc2ccc(C(F)(F)F)cc2)=C(C)C)cc1I.O=C=O. The molecule has 0 saturated carbocycles. The van der Waals surface area contributed by atoms with Gasteiger partial charge in [-0.25, -0.2) is 0 Å². The van der Waals surface area contributed by atoms with E-state index >= 15 is 0 Å². The van der Waals surface area contributed by atoms with Crippen LogP contribution in [0, 0.1) is 3.57 Å². The first-order valence-corrected chi connectivity index (χ1v) is 11.7. The maximum absolute atomic E-state index is 12.7. The second-order valence-corrected chi connectivity index (χ2v) is 8.94. The molecule has 0 aromatic heterocycles. The fourth-order valence-corrected chi connectivity index (χ4v) is 4.27. The fraction of sp³-hybridized carbons (Fsp3) is 0.348. The van der Waals surface area contributed by atoms with E-state index in [0.717, 1.165) is 49.7 Å². The van der Waals surface area contributed by atoms with Crippen molar-refractivity contribution in [1.82, 2.24) is 0 Å². The Bertz CT molecular complexity index is 918. The second kappa shape index (κ2) is 14.2. The van der Waals surface area contributed by atoms with Gasteiger partial charge in [-0.05, 0) is 90.9 Å². The molecule has 0 amide bonds. The van der Waals surface area contributed by atoms with Crippen molar-refractivity contribution < 1.29 is 32.2 Å². The van der Waals surface area contributed by atoms with Crippen LogP contribution in [0.3, 0.4) is 0 Å². The molecule has 0 heterocycles. The van der Waals surface area contributed by atoms with Gasteiger partial charge in [-0.3, -0.25) is 0 Å². The summed E-state index contributed by atoms with van der Waals surface area (Å²) >= 11 is 3.97. The van der Waals surface area contributed by atoms with Crippen LogP contribution in [0.2, 0.25) is 0 Å². The smallest absolute Gasteiger partial charge is 0.416 e. The Morgan fingerprint density at radius 1 is 1.06 bits per heavy atom. The Hall–Kier alpha value is -1.97. The minimum Gasteiger partial charge on any atom is -0.492 e. The van der Waals surface area contributed by atoms with Gasteiger partial charge in [0, 0.05) is 10.6 Å². The molecule has 0 aliphatic carbocycles. The van der Waals surface area contributed by atoms with Crippen LogP contribution < -0.4 is 9.47 Å². The molecule has 0 N–H and O–H groups in total. The largest absolute Gasteiger partial charge is 0.492 e. The summed E-state index contributed by atoms with van der Waals surface area (Å²) < 4.78 is 50.5. The number of hydrogen-bond acceptors (Lipinski definition) is 5. The van der Waals surface area contributed by atoms with Crippen molar-refractivity contribution in [2.45, 2.75) is 38.3 Å². The minimum atomic E-state index is -4.34. The van der Waals surface area contributed by atoms with Crippen LogP contribution in [-0.4, -0.2) is 25.1 Å². The summed E-state index contributed by atoms with van der Waals surface area (Å²) in [6.45, 7) is 7.14. The van der Waals surface area contributed by atoms with Crippen molar-refractivity contribution in [1.29, 1.82) is 0 Å². The van der Waals surface area contributed by atoms with Crippen molar-refractivity contribution >= 4 is 40.5 Å². The Kier molecular flexibility index (Phi) is 12.5. The molecule has 0 spiro atoms. The van der Waals surface area contributed by atoms with Crippen LogP contribution in [0.5, 0.6) is 11.5 Å². The third kappa shape index (κ3) is 10.1. The number of benzene rings is 2. The van der Waals surface area contributed by atoms with E-state index in [9.17, 15) is 13.2 Å². The standard InChI is InChI=1S/C22H24F3IO2S.CO2/c1-4-11-27-21-10-9-19(12-20(21)26)29-14-16(15(2)3)13-28-18-7-5-17(6-8-18)22(23,24)25;2-1-3/h5-10,12H,4,11,13-14H2,1-3H3;. The first-order chi connectivity index (χ1) is 15.1. The molecule has 9 heteroatoms. The summed E-state index contributed by atoms with van der Waals surface area (Å²) in [5.74, 6) is 2.06. The molecule has 0 saturated heterocycles. The Balaban J connectivity index is 0.00000161. The maximum atomic E-state index is 12.7. The lowest BCUT2D eigenvalue weighted by molar-refractivity contribution is -0.191. The van der Waals surface area contributed by atoms with E-state index < -0.39 is 11.7 Å². The van der Waals surface area contributed by atoms with Crippen LogP contribution in [0.1, 0.15) is 32.8 Å². The predicted molar refractivity (Wildman–Crippen MR) is 126 cm³/mol. The summed E-state index contributed by atoms with van der Waals surface area (Å²) in [4.78, 5) is 17.4. The van der Waals surface area contributed by atoms with Gasteiger partial charge in [-0.15, -0.1) is 11.8 Å². The lowest BCUT2D eigenvalue weighted by atomic mass is 10.2. The molecule has 2 aromatic carbocycles. The normalized spacial score (nSPS) is 10.5. The summed E-state index contributed by atoms with van der Waals surface area (Å²) in [5.41, 5.74) is 1.57. The highest BCUT2D eigenvalue weighted by atomic mass is 127. The molecule has 0 radical (unpaired) electrons. The molecule has 2 aromatic rings. The summed E-state index contributed by atoms with van der Waals surface area (Å²) in [7, 11) is 0. The number of halogens is 4. The van der Waals surface area contributed by atoms with Crippen molar-refractivity contribution in [2.24, 2.45) is 0 Å². The zero-order valence-electron chi connectivity index (χ0n) is 17.9. The molecule has 174 valence electrons. The lowest BCUT2D eigenvalue weighted by Crippen LogP contribution is -2.07. The Morgan fingerprint density at radius 2 is 1.69 bits per heavy atom. The summed E-state index contributed by atoms with van der Waals surface area (Å²) in [5, 5.41) is 0. The maximum Gasteiger partial charge on any atom is 0.416 e. The monoisotopic (exact) mass is 580 g/mol. The number of allylic oxidation sites excluding steroid dienone is 1. The molecule has 0 aliphatic heterocycles. The average molecular weight is 580 g/mol. The molecule has 2 rings (SSSR count). The predicted octanol–water partition coefficient (Wildman–Crippen LogP) is 7.02. The van der Waals surface area contributed by atoms with E-state index in [1.54, 1.807) is 11.8 Å². The Morgan fingerprint density at radius 3 is 2.19 bits per heavy atom. The molecule has 0 aliphatic rings. The average Bonchev–Trinajstić information content (AvgIpc) is 2.73. The molecule has 0 bridgehead atoms. The van der Waals surface area contributed by atoms with Crippen LogP contribution in [0.4, 0.5) is 13.2 Å². The topological polar surface area (TPSA) is 52.6 Å². The molecule has 32 heavy (non-hydrogen) atoms. The minimum absolute atomic E-state index is 0.250. The highest BCUT2D eigenvalue weighted by Gasteiger charge is 2.30. The van der Waals surface area contributed by atoms with Gasteiger partial charge in [0.05, 0.1) is 15.7 Å². The molecule has 0 unspecified atom stereocenters. The van der Waals surface area contributed by atoms with Crippen LogP contribution in [-0.2, 0) is 15.8 Å². The highest BCUT2D eigenvalue weighted by Crippen LogP contribution is 2.31. The van der Waals surface area contributed by atoms with Gasteiger partial charge in [0.25, 0.3) is 0 Å². The number of hydrogen-bond donors (Lipinski definition) is 0. The van der Waals surface area contributed by atoms with Gasteiger partial charge in [0.2, 0.25) is 0 Å². The number of ether oxygens (including phenoxy) is 2. The van der Waals surface area contributed by atoms with E-state index in [2.05, 4.69) is 35.6 Å². The van der Waals surface area contributed by atoms with Crippen molar-refractivity contribution in [3.63, 3.8) is 0 Å². The number of carbonyl (C=O) groups excluding carboxylic acids is 2. The van der Waals surface area contributed by atoms with Crippen molar-refractivity contribution in [2.75, 3.05) is 19.0 Å². The van der Waals surface area contributed by atoms with Gasteiger partial charge in [-0.2, -0.15) is 22.8 Å². The zero-order valence-corrected chi connectivity index (χ0v) is 20.9. The van der Waals surface area contributed by atoms with E-state index in [1.165, 1.54) is 12.1 Å². The van der Waals surface area contributed by atoms with Crippen LogP contribution >= 0.6 is 34.4 Å². The number of alkyl halides is 3. The van der Waals surface area contributed by atoms with E-state index in [4.69, 9.17) is 19.1 Å². The summed E-state index contributed by atoms with van der Waals surface area (Å²) in [6.07, 6.45) is -3.12. The Labute approximate surface area is 203 Å². The zero-order chi connectivity index (χ0) is 24.1. The highest BCUT2D eigenvalue weighted by molar-refractivity contribution is 14.1. The van der Waals surface area contributed by atoms with Crippen molar-refractivity contribution in [3.05, 3.63) is 62.7 Å². The third-order valence-electron chi connectivity index (χ3n) is 4.08. The summed E-state index contributed by atoms with van der Waals surface area (Å²) in [6, 6.07) is 10.9. The van der Waals surface area contributed by atoms with Crippen LogP contribution in [0.25, 0.3) is 0 Å². The lowest BCUT2D eigenvalue weighted by Gasteiger charge is -2.14. The molecular formula is C23H24F3IO4S. The van der Waals surface area contributed by atoms with Gasteiger partial charge < -0.3 is 9.47 Å². The number of rotatable bonds is 9. The quantitative estimate of drug-likeness (QED) is 0.181. The van der Waals surface area contributed by atoms with E-state index in [-0.39, 0.29) is 6.15 Å². The first kappa shape index (κ1) is 28.1. The second-order valence-electron chi connectivity index (χ2n) is 6.73. The van der Waals surface area contributed by atoms with Gasteiger partial charge in [-0.1, -0.05) is 12.5 Å². The molecule has 4 nitrogen and oxygen atoms in total. The van der Waals surface area contributed by atoms with E-state index in [0.29, 0.717) is 19.0 Å². The third-order valence-corrected chi connectivity index (χ3v) is 6.00. The molecule has 0 fully saturated rings. The van der Waals surface area contributed by atoms with Crippen LogP contribution in [0.15, 0.2) is 58.5 Å². The molecule has 0 atom stereocenters. The van der Waals surface area contributed by atoms with E-state index in [1.807, 2.05) is 26.0 Å². The van der Waals surface area contributed by atoms with Crippen molar-refractivity contribution in [3.8, 4) is 11.5 Å². The van der Waals surface area contributed by atoms with Gasteiger partial charge in [0.1, 0.15) is 18.1 Å². The van der Waals surface area contributed by atoms with Gasteiger partial charge in [0.15, 0.2) is 0 Å². The molecular weight excluding hydrogens is 556 g/mol. The van der Waals surface area contributed by atoms with Gasteiger partial charge >= 0.3 is 12.3 Å². The fourth-order valence-electron chi connectivity index (χ4n) is 2.31. The number of thioether (sulfide) groups is 1.